The van der Waals surface area contributed by atoms with E-state index < -0.39 is 0 Å². The maximum absolute atomic E-state index is 14.6. The highest BCUT2D eigenvalue weighted by Gasteiger charge is 2.25. The predicted octanol–water partition coefficient (Wildman–Crippen LogP) is 5.15. The van der Waals surface area contributed by atoms with Gasteiger partial charge in [0.25, 0.3) is 0 Å². The largest absolute Gasteiger partial charge is 0.303 e. The van der Waals surface area contributed by atoms with Gasteiger partial charge in [-0.2, -0.15) is 5.10 Å². The van der Waals surface area contributed by atoms with Gasteiger partial charge < -0.3 is 4.57 Å². The van der Waals surface area contributed by atoms with Gasteiger partial charge in [0, 0.05) is 18.7 Å². The molecule has 0 fully saturated rings. The molecule has 0 spiro atoms. The molecule has 0 saturated carbocycles. The zero-order chi connectivity index (χ0) is 21.4. The summed E-state index contributed by atoms with van der Waals surface area (Å²) in [6, 6.07) is 11.6. The molecule has 4 aromatic rings. The molecule has 1 aliphatic heterocycles. The van der Waals surface area contributed by atoms with Crippen molar-refractivity contribution in [2.45, 2.75) is 32.2 Å². The SMILES string of the molecule is Cc1cn(-c2ccc(/C=C/c3nc4n(n3)CCCC4c3ccc(F)cc3)cc2F)cn1. The summed E-state index contributed by atoms with van der Waals surface area (Å²) in [5, 5.41) is 4.59. The van der Waals surface area contributed by atoms with Crippen LogP contribution >= 0.6 is 0 Å². The van der Waals surface area contributed by atoms with Gasteiger partial charge in [0.2, 0.25) is 0 Å². The molecule has 5 nitrogen and oxygen atoms in total. The number of nitrogens with zero attached hydrogens (tertiary/aromatic N) is 5. The highest BCUT2D eigenvalue weighted by Crippen LogP contribution is 2.32. The first-order valence-corrected chi connectivity index (χ1v) is 10.3. The molecule has 0 radical (unpaired) electrons. The number of hydrogen-bond acceptors (Lipinski definition) is 3. The van der Waals surface area contributed by atoms with Crippen LogP contribution in [0, 0.1) is 18.6 Å². The van der Waals surface area contributed by atoms with Gasteiger partial charge in [0.1, 0.15) is 17.5 Å². The summed E-state index contributed by atoms with van der Waals surface area (Å²) in [6.07, 6.45) is 8.92. The molecule has 0 amide bonds. The molecule has 2 aromatic heterocycles. The summed E-state index contributed by atoms with van der Waals surface area (Å²) in [6.45, 7) is 2.67. The van der Waals surface area contributed by atoms with Crippen LogP contribution in [0.15, 0.2) is 55.0 Å². The minimum Gasteiger partial charge on any atom is -0.303 e. The third-order valence-electron chi connectivity index (χ3n) is 5.55. The monoisotopic (exact) mass is 417 g/mol. The number of imidazole rings is 1. The van der Waals surface area contributed by atoms with Gasteiger partial charge in [-0.05, 0) is 61.2 Å². The molecule has 0 N–H and O–H groups in total. The van der Waals surface area contributed by atoms with Crippen molar-refractivity contribution in [3.8, 4) is 5.69 Å². The molecule has 5 rings (SSSR count). The number of aromatic nitrogens is 5. The van der Waals surface area contributed by atoms with E-state index in [0.29, 0.717) is 11.5 Å². The molecule has 1 aliphatic rings. The van der Waals surface area contributed by atoms with Crippen molar-refractivity contribution in [1.82, 2.24) is 24.3 Å². The first-order chi connectivity index (χ1) is 15.1. The standard InChI is InChI=1S/C24H21F2N5/c1-16-14-30(15-27-16)22-10-4-17(13-21(22)26)5-11-23-28-24-20(3-2-12-31(24)29-23)18-6-8-19(25)9-7-18/h4-11,13-15,20H,2-3,12H2,1H3/b11-5+. The van der Waals surface area contributed by atoms with Crippen molar-refractivity contribution in [2.75, 3.05) is 0 Å². The Morgan fingerprint density at radius 1 is 1.06 bits per heavy atom. The van der Waals surface area contributed by atoms with Crippen molar-refractivity contribution in [1.29, 1.82) is 0 Å². The molecular weight excluding hydrogens is 396 g/mol. The minimum absolute atomic E-state index is 0.0966. The molecular formula is C24H21F2N5. The highest BCUT2D eigenvalue weighted by atomic mass is 19.1. The average molecular weight is 417 g/mol. The van der Waals surface area contributed by atoms with E-state index in [4.69, 9.17) is 4.98 Å². The van der Waals surface area contributed by atoms with Crippen LogP contribution in [0.2, 0.25) is 0 Å². The number of hydrogen-bond donors (Lipinski definition) is 0. The molecule has 31 heavy (non-hydrogen) atoms. The van der Waals surface area contributed by atoms with Crippen LogP contribution in [0.5, 0.6) is 0 Å². The lowest BCUT2D eigenvalue weighted by molar-refractivity contribution is 0.445. The Balaban J connectivity index is 1.38. The second kappa shape index (κ2) is 7.91. The number of aryl methyl sites for hydroxylation is 2. The van der Waals surface area contributed by atoms with Crippen LogP contribution in [-0.2, 0) is 6.54 Å². The summed E-state index contributed by atoms with van der Waals surface area (Å²) in [4.78, 5) is 8.84. The van der Waals surface area contributed by atoms with Crippen molar-refractivity contribution in [3.05, 3.63) is 95.1 Å². The van der Waals surface area contributed by atoms with Gasteiger partial charge in [-0.3, -0.25) is 0 Å². The Labute approximate surface area is 178 Å². The summed E-state index contributed by atoms with van der Waals surface area (Å²) in [5.41, 5.74) is 3.05. The topological polar surface area (TPSA) is 48.5 Å². The first-order valence-electron chi connectivity index (χ1n) is 10.3. The third-order valence-corrected chi connectivity index (χ3v) is 5.55. The fraction of sp³-hybridized carbons (Fsp3) is 0.208. The number of benzene rings is 2. The van der Waals surface area contributed by atoms with Crippen LogP contribution in [-0.4, -0.2) is 24.3 Å². The molecule has 1 atom stereocenters. The maximum Gasteiger partial charge on any atom is 0.174 e. The normalized spacial score (nSPS) is 16.0. The van der Waals surface area contributed by atoms with Gasteiger partial charge in [0.05, 0.1) is 17.7 Å². The van der Waals surface area contributed by atoms with E-state index in [2.05, 4.69) is 10.1 Å². The van der Waals surface area contributed by atoms with Crippen molar-refractivity contribution in [2.24, 2.45) is 0 Å². The fourth-order valence-corrected chi connectivity index (χ4v) is 4.01. The molecule has 156 valence electrons. The van der Waals surface area contributed by atoms with E-state index in [1.807, 2.05) is 29.8 Å². The lowest BCUT2D eigenvalue weighted by Gasteiger charge is -2.22. The third kappa shape index (κ3) is 3.91. The molecule has 7 heteroatoms. The Hall–Kier alpha value is -3.61. The molecule has 3 heterocycles. The summed E-state index contributed by atoms with van der Waals surface area (Å²) in [5.74, 6) is 0.992. The van der Waals surface area contributed by atoms with Gasteiger partial charge >= 0.3 is 0 Å². The van der Waals surface area contributed by atoms with E-state index in [1.165, 1.54) is 18.2 Å². The minimum atomic E-state index is -0.326. The zero-order valence-corrected chi connectivity index (χ0v) is 17.0. The lowest BCUT2D eigenvalue weighted by Crippen LogP contribution is -2.17. The van der Waals surface area contributed by atoms with Crippen molar-refractivity contribution in [3.63, 3.8) is 0 Å². The van der Waals surface area contributed by atoms with Crippen molar-refractivity contribution >= 4 is 12.2 Å². The average Bonchev–Trinajstić information content (AvgIpc) is 3.38. The van der Waals surface area contributed by atoms with Crippen LogP contribution in [0.25, 0.3) is 17.8 Å². The maximum atomic E-state index is 14.6. The zero-order valence-electron chi connectivity index (χ0n) is 17.0. The molecule has 1 unspecified atom stereocenters. The smallest absolute Gasteiger partial charge is 0.174 e. The second-order valence-corrected chi connectivity index (χ2v) is 7.76. The summed E-state index contributed by atoms with van der Waals surface area (Å²) < 4.78 is 31.5. The number of rotatable bonds is 4. The lowest BCUT2D eigenvalue weighted by atomic mass is 9.91. The van der Waals surface area contributed by atoms with Crippen molar-refractivity contribution < 1.29 is 8.78 Å². The van der Waals surface area contributed by atoms with E-state index >= 15 is 0 Å². The first kappa shape index (κ1) is 19.4. The van der Waals surface area contributed by atoms with Gasteiger partial charge in [-0.25, -0.2) is 23.4 Å². The van der Waals surface area contributed by atoms with Gasteiger partial charge in [-0.1, -0.05) is 24.3 Å². The van der Waals surface area contributed by atoms with E-state index in [-0.39, 0.29) is 17.6 Å². The Morgan fingerprint density at radius 3 is 2.65 bits per heavy atom. The Kier molecular flexibility index (Phi) is 4.94. The van der Waals surface area contributed by atoms with E-state index in [1.54, 1.807) is 35.3 Å². The van der Waals surface area contributed by atoms with Gasteiger partial charge in [-0.15, -0.1) is 0 Å². The number of fused-ring (bicyclic) bond motifs is 1. The second-order valence-electron chi connectivity index (χ2n) is 7.76. The van der Waals surface area contributed by atoms with Crippen LogP contribution in [0.1, 0.15) is 47.2 Å². The van der Waals surface area contributed by atoms with Gasteiger partial charge in [0.15, 0.2) is 5.82 Å². The fourth-order valence-electron chi connectivity index (χ4n) is 4.01. The predicted molar refractivity (Wildman–Crippen MR) is 115 cm³/mol. The highest BCUT2D eigenvalue weighted by molar-refractivity contribution is 5.67. The molecule has 0 aliphatic carbocycles. The van der Waals surface area contributed by atoms with E-state index in [9.17, 15) is 8.78 Å². The quantitative estimate of drug-likeness (QED) is 0.462. The van der Waals surface area contributed by atoms with Crippen LogP contribution in [0.4, 0.5) is 8.78 Å². The molecule has 0 saturated heterocycles. The van der Waals surface area contributed by atoms with Crippen LogP contribution in [0.3, 0.4) is 0 Å². The van der Waals surface area contributed by atoms with E-state index in [0.717, 1.165) is 42.0 Å². The Morgan fingerprint density at radius 2 is 1.90 bits per heavy atom. The molecule has 0 bridgehead atoms. The summed E-state index contributed by atoms with van der Waals surface area (Å²) in [7, 11) is 0. The number of halogens is 2. The Bertz CT molecular complexity index is 1250. The summed E-state index contributed by atoms with van der Waals surface area (Å²) >= 11 is 0. The van der Waals surface area contributed by atoms with Crippen LogP contribution < -0.4 is 0 Å². The molecule has 2 aromatic carbocycles.